The van der Waals surface area contributed by atoms with Crippen LogP contribution in [0.2, 0.25) is 10.0 Å². The molecular formula is C16H14Cl2N6O3. The lowest BCUT2D eigenvalue weighted by molar-refractivity contribution is -0.121. The molecule has 2 aromatic heterocycles. The van der Waals surface area contributed by atoms with Crippen LogP contribution in [0.15, 0.2) is 39.2 Å². The van der Waals surface area contributed by atoms with Crippen molar-refractivity contribution < 1.29 is 4.79 Å². The maximum Gasteiger partial charge on any atom is 0.332 e. The molecule has 1 N–H and O–H groups in total. The van der Waals surface area contributed by atoms with Crippen molar-refractivity contribution in [2.24, 2.45) is 19.2 Å². The quantitative estimate of drug-likeness (QED) is 0.511. The van der Waals surface area contributed by atoms with Crippen LogP contribution in [0.5, 0.6) is 0 Å². The largest absolute Gasteiger partial charge is 0.332 e. The van der Waals surface area contributed by atoms with Crippen molar-refractivity contribution in [3.63, 3.8) is 0 Å². The zero-order valence-electron chi connectivity index (χ0n) is 14.3. The van der Waals surface area contributed by atoms with Gasteiger partial charge in [-0.05, 0) is 17.7 Å². The SMILES string of the molecule is Cn1c(=O)c2c(ncn2CC(=O)NN=Cc2ccc(Cl)c(Cl)c2)n(C)c1=O. The predicted octanol–water partition coefficient (Wildman–Crippen LogP) is 0.891. The summed E-state index contributed by atoms with van der Waals surface area (Å²) < 4.78 is 3.57. The molecular weight excluding hydrogens is 395 g/mol. The van der Waals surface area contributed by atoms with Crippen molar-refractivity contribution in [3.05, 3.63) is 61.0 Å². The fourth-order valence-corrected chi connectivity index (χ4v) is 2.78. The van der Waals surface area contributed by atoms with Gasteiger partial charge in [-0.15, -0.1) is 0 Å². The Bertz CT molecular complexity index is 1190. The van der Waals surface area contributed by atoms with Crippen LogP contribution in [0.1, 0.15) is 5.56 Å². The fourth-order valence-electron chi connectivity index (χ4n) is 2.48. The van der Waals surface area contributed by atoms with Crippen molar-refractivity contribution in [2.75, 3.05) is 0 Å². The van der Waals surface area contributed by atoms with Crippen LogP contribution in [0.4, 0.5) is 0 Å². The molecule has 0 saturated heterocycles. The van der Waals surface area contributed by atoms with Crippen molar-refractivity contribution in [3.8, 4) is 0 Å². The number of hydrogen-bond acceptors (Lipinski definition) is 5. The molecule has 0 atom stereocenters. The summed E-state index contributed by atoms with van der Waals surface area (Å²) in [7, 11) is 2.87. The highest BCUT2D eigenvalue weighted by Crippen LogP contribution is 2.21. The Hall–Kier alpha value is -2.91. The average Bonchev–Trinajstić information content (AvgIpc) is 3.04. The van der Waals surface area contributed by atoms with Crippen molar-refractivity contribution >= 4 is 46.5 Å². The van der Waals surface area contributed by atoms with Crippen LogP contribution >= 0.6 is 23.2 Å². The van der Waals surface area contributed by atoms with E-state index >= 15 is 0 Å². The normalized spacial score (nSPS) is 11.4. The number of aromatic nitrogens is 4. The molecule has 0 radical (unpaired) electrons. The first-order valence-corrected chi connectivity index (χ1v) is 8.43. The molecule has 0 spiro atoms. The first-order chi connectivity index (χ1) is 12.8. The van der Waals surface area contributed by atoms with E-state index in [1.807, 2.05) is 0 Å². The predicted molar refractivity (Wildman–Crippen MR) is 102 cm³/mol. The van der Waals surface area contributed by atoms with E-state index in [0.717, 1.165) is 4.57 Å². The Kier molecular flexibility index (Phi) is 5.15. The van der Waals surface area contributed by atoms with E-state index in [2.05, 4.69) is 15.5 Å². The maximum atomic E-state index is 12.3. The van der Waals surface area contributed by atoms with Gasteiger partial charge in [-0.25, -0.2) is 15.2 Å². The van der Waals surface area contributed by atoms with Crippen LogP contribution in [-0.2, 0) is 25.4 Å². The number of rotatable bonds is 4. The van der Waals surface area contributed by atoms with Crippen molar-refractivity contribution in [1.29, 1.82) is 0 Å². The number of hydrogen-bond donors (Lipinski definition) is 1. The molecule has 140 valence electrons. The molecule has 3 rings (SSSR count). The van der Waals surface area contributed by atoms with Gasteiger partial charge in [-0.2, -0.15) is 5.10 Å². The van der Waals surface area contributed by atoms with Crippen molar-refractivity contribution in [2.45, 2.75) is 6.54 Å². The topological polar surface area (TPSA) is 103 Å². The van der Waals surface area contributed by atoms with Gasteiger partial charge in [-0.1, -0.05) is 29.3 Å². The molecule has 1 amide bonds. The fraction of sp³-hybridized carbons (Fsp3) is 0.188. The Morgan fingerprint density at radius 1 is 1.22 bits per heavy atom. The molecule has 27 heavy (non-hydrogen) atoms. The molecule has 0 fully saturated rings. The molecule has 11 heteroatoms. The summed E-state index contributed by atoms with van der Waals surface area (Å²) in [6, 6.07) is 4.91. The third-order valence-electron chi connectivity index (χ3n) is 3.88. The molecule has 0 aliphatic rings. The van der Waals surface area contributed by atoms with Crippen LogP contribution in [0.3, 0.4) is 0 Å². The van der Waals surface area contributed by atoms with Gasteiger partial charge >= 0.3 is 5.69 Å². The van der Waals surface area contributed by atoms with Crippen LogP contribution in [0, 0.1) is 0 Å². The van der Waals surface area contributed by atoms with Gasteiger partial charge in [0.05, 0.1) is 22.6 Å². The van der Waals surface area contributed by atoms with E-state index in [1.54, 1.807) is 18.2 Å². The number of imidazole rings is 1. The third-order valence-corrected chi connectivity index (χ3v) is 4.62. The Morgan fingerprint density at radius 3 is 2.67 bits per heavy atom. The third kappa shape index (κ3) is 3.64. The Morgan fingerprint density at radius 2 is 1.96 bits per heavy atom. The summed E-state index contributed by atoms with van der Waals surface area (Å²) in [5.41, 5.74) is 2.35. The van der Waals surface area contributed by atoms with Gasteiger partial charge in [0, 0.05) is 14.1 Å². The lowest BCUT2D eigenvalue weighted by Gasteiger charge is -2.06. The minimum atomic E-state index is -0.530. The Balaban J connectivity index is 1.78. The highest BCUT2D eigenvalue weighted by Gasteiger charge is 2.15. The summed E-state index contributed by atoms with van der Waals surface area (Å²) in [5.74, 6) is -0.471. The number of fused-ring (bicyclic) bond motifs is 1. The van der Waals surface area contributed by atoms with Gasteiger partial charge < -0.3 is 4.57 Å². The number of nitrogens with one attached hydrogen (secondary N) is 1. The number of benzene rings is 1. The number of halogens is 2. The zero-order chi connectivity index (χ0) is 19.7. The van der Waals surface area contributed by atoms with E-state index in [0.29, 0.717) is 15.6 Å². The smallest absolute Gasteiger partial charge is 0.315 e. The summed E-state index contributed by atoms with van der Waals surface area (Å²) in [6.07, 6.45) is 2.74. The first kappa shape index (κ1) is 18.9. The summed E-state index contributed by atoms with van der Waals surface area (Å²) in [5, 5.41) is 4.64. The number of carbonyl (C=O) groups excluding carboxylic acids is 1. The second-order valence-corrected chi connectivity index (χ2v) is 6.53. The van der Waals surface area contributed by atoms with Gasteiger partial charge in [0.15, 0.2) is 11.2 Å². The highest BCUT2D eigenvalue weighted by molar-refractivity contribution is 6.42. The molecule has 0 bridgehead atoms. The van der Waals surface area contributed by atoms with Gasteiger partial charge in [0.2, 0.25) is 0 Å². The van der Waals surface area contributed by atoms with E-state index in [4.69, 9.17) is 23.2 Å². The first-order valence-electron chi connectivity index (χ1n) is 7.67. The average molecular weight is 409 g/mol. The molecule has 0 unspecified atom stereocenters. The molecule has 2 heterocycles. The number of hydrazone groups is 1. The van der Waals surface area contributed by atoms with E-state index in [-0.39, 0.29) is 17.7 Å². The lowest BCUT2D eigenvalue weighted by Crippen LogP contribution is -2.38. The van der Waals surface area contributed by atoms with E-state index < -0.39 is 17.2 Å². The van der Waals surface area contributed by atoms with E-state index in [1.165, 1.54) is 35.8 Å². The number of nitrogens with zero attached hydrogens (tertiary/aromatic N) is 5. The summed E-state index contributed by atoms with van der Waals surface area (Å²) in [4.78, 5) is 40.4. The number of carbonyl (C=O) groups is 1. The van der Waals surface area contributed by atoms with E-state index in [9.17, 15) is 14.4 Å². The monoisotopic (exact) mass is 408 g/mol. The number of aryl methyl sites for hydroxylation is 1. The maximum absolute atomic E-state index is 12.3. The molecule has 0 aliphatic heterocycles. The Labute approximate surface area is 162 Å². The standard InChI is InChI=1S/C16H14Cl2N6O3/c1-22-14-13(15(26)23(2)16(22)27)24(8-19-14)7-12(25)21-20-6-9-3-4-10(17)11(18)5-9/h3-6,8H,7H2,1-2H3,(H,21,25). The van der Waals surface area contributed by atoms with Gasteiger partial charge in [-0.3, -0.25) is 18.7 Å². The molecule has 0 saturated carbocycles. The second-order valence-electron chi connectivity index (χ2n) is 5.72. The molecule has 3 aromatic rings. The van der Waals surface area contributed by atoms with Crippen LogP contribution in [-0.4, -0.2) is 30.8 Å². The minimum absolute atomic E-state index is 0.156. The van der Waals surface area contributed by atoms with Gasteiger partial charge in [0.25, 0.3) is 11.5 Å². The lowest BCUT2D eigenvalue weighted by atomic mass is 10.2. The zero-order valence-corrected chi connectivity index (χ0v) is 15.8. The summed E-state index contributed by atoms with van der Waals surface area (Å²) in [6.45, 7) is -0.192. The van der Waals surface area contributed by atoms with Crippen molar-refractivity contribution in [1.82, 2.24) is 24.1 Å². The minimum Gasteiger partial charge on any atom is -0.315 e. The molecule has 1 aromatic carbocycles. The second kappa shape index (κ2) is 7.37. The molecule has 0 aliphatic carbocycles. The van der Waals surface area contributed by atoms with Crippen LogP contribution in [0.25, 0.3) is 11.2 Å². The van der Waals surface area contributed by atoms with Gasteiger partial charge in [0.1, 0.15) is 6.54 Å². The molecule has 9 nitrogen and oxygen atoms in total. The summed E-state index contributed by atoms with van der Waals surface area (Å²) >= 11 is 11.7. The highest BCUT2D eigenvalue weighted by atomic mass is 35.5. The van der Waals surface area contributed by atoms with Crippen LogP contribution < -0.4 is 16.7 Å². The number of amides is 1.